The molecule has 0 aromatic heterocycles. The monoisotopic (exact) mass is 292 g/mol. The molecule has 1 aromatic rings. The second kappa shape index (κ2) is 6.67. The zero-order chi connectivity index (χ0) is 15.4. The summed E-state index contributed by atoms with van der Waals surface area (Å²) in [6.07, 6.45) is 2.35. The quantitative estimate of drug-likeness (QED) is 0.666. The van der Waals surface area contributed by atoms with Crippen molar-refractivity contribution in [1.82, 2.24) is 4.90 Å². The van der Waals surface area contributed by atoms with Crippen molar-refractivity contribution in [2.45, 2.75) is 32.2 Å². The van der Waals surface area contributed by atoms with Crippen LogP contribution in [0, 0.1) is 16.0 Å². The Hall–Kier alpha value is -1.95. The topological polar surface area (TPSA) is 83.7 Å². The zero-order valence-corrected chi connectivity index (χ0v) is 12.1. The molecule has 2 atom stereocenters. The van der Waals surface area contributed by atoms with Crippen LogP contribution < -0.4 is 0 Å². The van der Waals surface area contributed by atoms with Crippen LogP contribution in [0.15, 0.2) is 24.3 Å². The summed E-state index contributed by atoms with van der Waals surface area (Å²) in [7, 11) is 0. The Bertz CT molecular complexity index is 532. The second-order valence-corrected chi connectivity index (χ2v) is 5.45. The Morgan fingerprint density at radius 3 is 2.95 bits per heavy atom. The van der Waals surface area contributed by atoms with Crippen LogP contribution in [-0.4, -0.2) is 34.0 Å². The minimum absolute atomic E-state index is 0.0343. The van der Waals surface area contributed by atoms with E-state index in [1.54, 1.807) is 12.1 Å². The first kappa shape index (κ1) is 15.4. The predicted octanol–water partition coefficient (Wildman–Crippen LogP) is 2.84. The third-order valence-corrected chi connectivity index (χ3v) is 4.10. The number of nitro groups is 1. The van der Waals surface area contributed by atoms with E-state index in [-0.39, 0.29) is 17.6 Å². The fraction of sp³-hybridized carbons (Fsp3) is 0.533. The number of hydrogen-bond acceptors (Lipinski definition) is 4. The molecule has 21 heavy (non-hydrogen) atoms. The lowest BCUT2D eigenvalue weighted by atomic mass is 9.94. The van der Waals surface area contributed by atoms with Crippen molar-refractivity contribution in [3.8, 4) is 0 Å². The summed E-state index contributed by atoms with van der Waals surface area (Å²) in [6, 6.07) is 6.68. The molecule has 1 N–H and O–H groups in total. The lowest BCUT2D eigenvalue weighted by molar-refractivity contribution is -0.385. The first-order chi connectivity index (χ1) is 10.0. The first-order valence-corrected chi connectivity index (χ1v) is 7.24. The van der Waals surface area contributed by atoms with Gasteiger partial charge in [0.2, 0.25) is 0 Å². The summed E-state index contributed by atoms with van der Waals surface area (Å²) < 4.78 is 0. The number of carbonyl (C=O) groups is 1. The number of piperidine rings is 1. The Balaban J connectivity index is 2.20. The van der Waals surface area contributed by atoms with E-state index < -0.39 is 10.9 Å². The van der Waals surface area contributed by atoms with Gasteiger partial charge in [0, 0.05) is 24.7 Å². The highest BCUT2D eigenvalue weighted by atomic mass is 16.6. The molecule has 0 radical (unpaired) electrons. The van der Waals surface area contributed by atoms with Gasteiger partial charge in [-0.2, -0.15) is 0 Å². The van der Waals surface area contributed by atoms with E-state index in [4.69, 9.17) is 0 Å². The number of nitro benzene ring substituents is 1. The average Bonchev–Trinajstić information content (AvgIpc) is 2.48. The summed E-state index contributed by atoms with van der Waals surface area (Å²) in [5, 5.41) is 20.1. The van der Waals surface area contributed by atoms with Crippen molar-refractivity contribution >= 4 is 11.7 Å². The number of non-ortho nitro benzene ring substituents is 1. The zero-order valence-electron chi connectivity index (χ0n) is 12.1. The minimum atomic E-state index is -0.756. The van der Waals surface area contributed by atoms with Gasteiger partial charge in [-0.3, -0.25) is 19.8 Å². The van der Waals surface area contributed by atoms with Crippen LogP contribution in [0.2, 0.25) is 0 Å². The van der Waals surface area contributed by atoms with Crippen molar-refractivity contribution in [3.63, 3.8) is 0 Å². The molecule has 1 aromatic carbocycles. The Kier molecular flexibility index (Phi) is 4.90. The summed E-state index contributed by atoms with van der Waals surface area (Å²) in [4.78, 5) is 23.8. The molecule has 1 heterocycles. The molecule has 1 aliphatic heterocycles. The van der Waals surface area contributed by atoms with E-state index in [9.17, 15) is 20.0 Å². The number of rotatable bonds is 5. The fourth-order valence-electron chi connectivity index (χ4n) is 3.04. The second-order valence-electron chi connectivity index (χ2n) is 5.45. The highest BCUT2D eigenvalue weighted by molar-refractivity contribution is 5.70. The molecule has 0 bridgehead atoms. The van der Waals surface area contributed by atoms with Gasteiger partial charge in [-0.05, 0) is 31.4 Å². The molecule has 1 fully saturated rings. The summed E-state index contributed by atoms with van der Waals surface area (Å²) >= 11 is 0. The van der Waals surface area contributed by atoms with Crippen LogP contribution >= 0.6 is 0 Å². The van der Waals surface area contributed by atoms with Crippen molar-refractivity contribution in [1.29, 1.82) is 0 Å². The molecule has 6 heteroatoms. The Morgan fingerprint density at radius 1 is 1.57 bits per heavy atom. The van der Waals surface area contributed by atoms with Gasteiger partial charge in [0.15, 0.2) is 0 Å². The van der Waals surface area contributed by atoms with Crippen LogP contribution in [0.1, 0.15) is 37.8 Å². The number of carboxylic acid groups (broad SMARTS) is 1. The normalized spacial score (nSPS) is 20.9. The average molecular weight is 292 g/mol. The van der Waals surface area contributed by atoms with E-state index in [2.05, 4.69) is 4.90 Å². The molecule has 0 saturated carbocycles. The van der Waals surface area contributed by atoms with Crippen LogP contribution in [0.4, 0.5) is 5.69 Å². The fourth-order valence-corrected chi connectivity index (χ4v) is 3.04. The molecule has 1 saturated heterocycles. The number of hydrogen-bond donors (Lipinski definition) is 1. The maximum atomic E-state index is 11.2. The largest absolute Gasteiger partial charge is 0.481 e. The van der Waals surface area contributed by atoms with Gasteiger partial charge in [-0.25, -0.2) is 0 Å². The maximum absolute atomic E-state index is 11.2. The molecular formula is C15H20N2O4. The van der Waals surface area contributed by atoms with Gasteiger partial charge in [0.25, 0.3) is 5.69 Å². The number of nitrogens with zero attached hydrogens (tertiary/aromatic N) is 2. The molecule has 0 aliphatic carbocycles. The Morgan fingerprint density at radius 2 is 2.33 bits per heavy atom. The third kappa shape index (κ3) is 3.58. The van der Waals surface area contributed by atoms with Crippen molar-refractivity contribution in [3.05, 3.63) is 39.9 Å². The van der Waals surface area contributed by atoms with Gasteiger partial charge < -0.3 is 5.11 Å². The standard InChI is InChI=1S/C15H20N2O4/c1-2-14(11-5-3-7-13(9-11)17(20)21)16-8-4-6-12(10-16)15(18)19/h3,5,7,9,12,14H,2,4,6,8,10H2,1H3,(H,18,19). The Labute approximate surface area is 123 Å². The molecule has 2 rings (SSSR count). The van der Waals surface area contributed by atoms with Crippen LogP contribution in [-0.2, 0) is 4.79 Å². The van der Waals surface area contributed by atoms with E-state index >= 15 is 0 Å². The number of benzene rings is 1. The third-order valence-electron chi connectivity index (χ3n) is 4.10. The molecule has 6 nitrogen and oxygen atoms in total. The van der Waals surface area contributed by atoms with Crippen LogP contribution in [0.25, 0.3) is 0 Å². The van der Waals surface area contributed by atoms with Crippen molar-refractivity contribution in [2.24, 2.45) is 5.92 Å². The van der Waals surface area contributed by atoms with E-state index in [1.807, 2.05) is 13.0 Å². The van der Waals surface area contributed by atoms with Crippen LogP contribution in [0.5, 0.6) is 0 Å². The van der Waals surface area contributed by atoms with Gasteiger partial charge >= 0.3 is 5.97 Å². The molecule has 114 valence electrons. The molecule has 1 aliphatic rings. The lowest BCUT2D eigenvalue weighted by Gasteiger charge is -2.36. The maximum Gasteiger partial charge on any atom is 0.307 e. The van der Waals surface area contributed by atoms with Crippen molar-refractivity contribution in [2.75, 3.05) is 13.1 Å². The predicted molar refractivity (Wildman–Crippen MR) is 78.1 cm³/mol. The molecule has 0 amide bonds. The van der Waals surface area contributed by atoms with Gasteiger partial charge in [-0.15, -0.1) is 0 Å². The van der Waals surface area contributed by atoms with Crippen molar-refractivity contribution < 1.29 is 14.8 Å². The SMILES string of the molecule is CCC(c1cccc([N+](=O)[O-])c1)N1CCCC(C(=O)O)C1. The molecule has 2 unspecified atom stereocenters. The summed E-state index contributed by atoms with van der Waals surface area (Å²) in [6.45, 7) is 3.37. The van der Waals surface area contributed by atoms with E-state index in [1.165, 1.54) is 6.07 Å². The lowest BCUT2D eigenvalue weighted by Crippen LogP contribution is -2.40. The van der Waals surface area contributed by atoms with Gasteiger partial charge in [0.05, 0.1) is 10.8 Å². The first-order valence-electron chi connectivity index (χ1n) is 7.24. The smallest absolute Gasteiger partial charge is 0.307 e. The minimum Gasteiger partial charge on any atom is -0.481 e. The summed E-state index contributed by atoms with van der Waals surface area (Å²) in [5.74, 6) is -1.10. The van der Waals surface area contributed by atoms with E-state index in [0.29, 0.717) is 13.0 Å². The van der Waals surface area contributed by atoms with Gasteiger partial charge in [-0.1, -0.05) is 19.1 Å². The van der Waals surface area contributed by atoms with Gasteiger partial charge in [0.1, 0.15) is 0 Å². The van der Waals surface area contributed by atoms with Crippen LogP contribution in [0.3, 0.4) is 0 Å². The number of carboxylic acids is 1. The highest BCUT2D eigenvalue weighted by Gasteiger charge is 2.30. The molecule has 0 spiro atoms. The molecular weight excluding hydrogens is 272 g/mol. The number of aliphatic carboxylic acids is 1. The van der Waals surface area contributed by atoms with E-state index in [0.717, 1.165) is 24.9 Å². The highest BCUT2D eigenvalue weighted by Crippen LogP contribution is 2.31. The summed E-state index contributed by atoms with van der Waals surface area (Å²) in [5.41, 5.74) is 0.968. The number of likely N-dealkylation sites (tertiary alicyclic amines) is 1.